The second-order valence-electron chi connectivity index (χ2n) is 4.34. The lowest BCUT2D eigenvalue weighted by molar-refractivity contribution is 0.112. The largest absolute Gasteiger partial charge is 0.336 e. The van der Waals surface area contributed by atoms with E-state index < -0.39 is 5.82 Å². The fraction of sp³-hybridized carbons (Fsp3) is 0.0714. The van der Waals surface area contributed by atoms with E-state index in [4.69, 9.17) is 11.6 Å². The molecule has 2 heterocycles. The van der Waals surface area contributed by atoms with Crippen LogP contribution in [0.25, 0.3) is 22.6 Å². The molecule has 0 spiro atoms. The van der Waals surface area contributed by atoms with Crippen molar-refractivity contribution in [3.63, 3.8) is 0 Å². The maximum atomic E-state index is 13.9. The molecule has 0 aliphatic heterocycles. The summed E-state index contributed by atoms with van der Waals surface area (Å²) in [4.78, 5) is 22.2. The van der Waals surface area contributed by atoms with Crippen molar-refractivity contribution in [3.05, 3.63) is 46.4 Å². The molecule has 1 N–H and O–H groups in total. The number of aldehydes is 1. The van der Waals surface area contributed by atoms with Gasteiger partial charge < -0.3 is 4.98 Å². The van der Waals surface area contributed by atoms with Crippen molar-refractivity contribution >= 4 is 29.1 Å². The average molecular weight is 290 g/mol. The van der Waals surface area contributed by atoms with E-state index in [0.717, 1.165) is 11.8 Å². The van der Waals surface area contributed by atoms with Crippen molar-refractivity contribution in [3.8, 4) is 11.4 Å². The number of aryl methyl sites for hydroxylation is 1. The molecule has 0 aliphatic carbocycles. The van der Waals surface area contributed by atoms with Crippen LogP contribution in [-0.2, 0) is 0 Å². The molecule has 2 aromatic heterocycles. The molecule has 0 saturated heterocycles. The van der Waals surface area contributed by atoms with E-state index in [1.807, 2.05) is 0 Å². The molecule has 6 heteroatoms. The number of aromatic nitrogens is 3. The molecule has 0 saturated carbocycles. The Bertz CT molecular complexity index is 808. The Morgan fingerprint density at radius 2 is 2.20 bits per heavy atom. The average Bonchev–Trinajstić information content (AvgIpc) is 2.83. The topological polar surface area (TPSA) is 58.6 Å². The highest BCUT2D eigenvalue weighted by atomic mass is 35.5. The summed E-state index contributed by atoms with van der Waals surface area (Å²) in [6, 6.07) is 4.42. The van der Waals surface area contributed by atoms with Gasteiger partial charge in [-0.2, -0.15) is 0 Å². The first kappa shape index (κ1) is 12.7. The summed E-state index contributed by atoms with van der Waals surface area (Å²) < 4.78 is 13.9. The molecule has 4 nitrogen and oxygen atoms in total. The van der Waals surface area contributed by atoms with E-state index >= 15 is 0 Å². The molecule has 0 radical (unpaired) electrons. The molecule has 3 aromatic rings. The minimum Gasteiger partial charge on any atom is -0.336 e. The third kappa shape index (κ3) is 1.87. The van der Waals surface area contributed by atoms with Crippen LogP contribution in [0.15, 0.2) is 24.4 Å². The standard InChI is InChI=1S/C14H9ClFN3O/c1-7-8(6-20)5-17-14-12(7)18-13(19-14)11-9(15)3-2-4-10(11)16/h2-6H,1H3,(H,17,18,19). The Balaban J connectivity index is 2.29. The maximum absolute atomic E-state index is 13.9. The van der Waals surface area contributed by atoms with Crippen LogP contribution in [0, 0.1) is 12.7 Å². The first-order valence-corrected chi connectivity index (χ1v) is 6.24. The maximum Gasteiger partial charge on any atom is 0.178 e. The lowest BCUT2D eigenvalue weighted by atomic mass is 10.1. The van der Waals surface area contributed by atoms with E-state index in [9.17, 15) is 9.18 Å². The van der Waals surface area contributed by atoms with Crippen molar-refractivity contribution in [2.45, 2.75) is 6.92 Å². The summed E-state index contributed by atoms with van der Waals surface area (Å²) >= 11 is 6.01. The Labute approximate surface area is 118 Å². The number of rotatable bonds is 2. The Morgan fingerprint density at radius 3 is 2.90 bits per heavy atom. The van der Waals surface area contributed by atoms with E-state index in [-0.39, 0.29) is 10.6 Å². The van der Waals surface area contributed by atoms with Crippen LogP contribution in [0.4, 0.5) is 4.39 Å². The zero-order valence-corrected chi connectivity index (χ0v) is 11.2. The third-order valence-corrected chi connectivity index (χ3v) is 3.46. The molecule has 0 aliphatic rings. The van der Waals surface area contributed by atoms with Gasteiger partial charge >= 0.3 is 0 Å². The van der Waals surface area contributed by atoms with Gasteiger partial charge in [-0.15, -0.1) is 0 Å². The van der Waals surface area contributed by atoms with Crippen molar-refractivity contribution < 1.29 is 9.18 Å². The minimum atomic E-state index is -0.468. The highest BCUT2D eigenvalue weighted by Crippen LogP contribution is 2.30. The molecular formula is C14H9ClFN3O. The number of carbonyl (C=O) groups is 1. The number of hydrogen-bond acceptors (Lipinski definition) is 3. The number of benzene rings is 1. The van der Waals surface area contributed by atoms with Crippen LogP contribution >= 0.6 is 11.6 Å². The SMILES string of the molecule is Cc1c(C=O)cnc2nc(-c3c(F)cccc3Cl)[nH]c12. The van der Waals surface area contributed by atoms with Gasteiger partial charge in [0.1, 0.15) is 11.6 Å². The molecule has 100 valence electrons. The van der Waals surface area contributed by atoms with Gasteiger partial charge in [0.25, 0.3) is 0 Å². The number of fused-ring (bicyclic) bond motifs is 1. The Morgan fingerprint density at radius 1 is 1.40 bits per heavy atom. The molecule has 20 heavy (non-hydrogen) atoms. The van der Waals surface area contributed by atoms with Gasteiger partial charge in [-0.3, -0.25) is 4.79 Å². The number of nitrogens with zero attached hydrogens (tertiary/aromatic N) is 2. The van der Waals surface area contributed by atoms with E-state index in [1.54, 1.807) is 13.0 Å². The minimum absolute atomic E-state index is 0.194. The first-order chi connectivity index (χ1) is 9.61. The van der Waals surface area contributed by atoms with Crippen molar-refractivity contribution in [1.29, 1.82) is 0 Å². The highest BCUT2D eigenvalue weighted by molar-refractivity contribution is 6.33. The molecule has 0 unspecified atom stereocenters. The third-order valence-electron chi connectivity index (χ3n) is 3.15. The number of imidazole rings is 1. The molecule has 0 amide bonds. The quantitative estimate of drug-likeness (QED) is 0.734. The van der Waals surface area contributed by atoms with Gasteiger partial charge in [-0.25, -0.2) is 14.4 Å². The van der Waals surface area contributed by atoms with Crippen LogP contribution in [0.2, 0.25) is 5.02 Å². The van der Waals surface area contributed by atoms with Crippen molar-refractivity contribution in [2.24, 2.45) is 0 Å². The molecule has 1 aromatic carbocycles. The molecule has 0 bridgehead atoms. The predicted molar refractivity (Wildman–Crippen MR) is 74.4 cm³/mol. The summed E-state index contributed by atoms with van der Waals surface area (Å²) in [5.74, 6) is -0.174. The zero-order valence-electron chi connectivity index (χ0n) is 10.4. The van der Waals surface area contributed by atoms with Crippen molar-refractivity contribution in [1.82, 2.24) is 15.0 Å². The van der Waals surface area contributed by atoms with Crippen LogP contribution in [0.5, 0.6) is 0 Å². The lowest BCUT2D eigenvalue weighted by Crippen LogP contribution is -1.90. The number of H-pyrrole nitrogens is 1. The second kappa shape index (κ2) is 4.68. The summed E-state index contributed by atoms with van der Waals surface area (Å²) in [6.45, 7) is 1.78. The van der Waals surface area contributed by atoms with Gasteiger partial charge in [0.2, 0.25) is 0 Å². The lowest BCUT2D eigenvalue weighted by Gasteiger charge is -2.01. The summed E-state index contributed by atoms with van der Waals surface area (Å²) in [7, 11) is 0. The normalized spacial score (nSPS) is 10.9. The van der Waals surface area contributed by atoms with Gasteiger partial charge in [-0.05, 0) is 24.6 Å². The van der Waals surface area contributed by atoms with Gasteiger partial charge in [0, 0.05) is 11.8 Å². The molecular weight excluding hydrogens is 281 g/mol. The van der Waals surface area contributed by atoms with Crippen LogP contribution < -0.4 is 0 Å². The monoisotopic (exact) mass is 289 g/mol. The Hall–Kier alpha value is -2.27. The highest BCUT2D eigenvalue weighted by Gasteiger charge is 2.16. The van der Waals surface area contributed by atoms with E-state index in [0.29, 0.717) is 22.6 Å². The van der Waals surface area contributed by atoms with Crippen molar-refractivity contribution in [2.75, 3.05) is 0 Å². The predicted octanol–water partition coefficient (Wildman–Crippen LogP) is 3.54. The fourth-order valence-corrected chi connectivity index (χ4v) is 2.30. The van der Waals surface area contributed by atoms with Crippen LogP contribution in [0.3, 0.4) is 0 Å². The van der Waals surface area contributed by atoms with E-state index in [1.165, 1.54) is 18.3 Å². The summed E-state index contributed by atoms with van der Waals surface area (Å²) in [5.41, 5.74) is 2.40. The molecule has 0 atom stereocenters. The number of carbonyl (C=O) groups excluding carboxylic acids is 1. The van der Waals surface area contributed by atoms with Gasteiger partial charge in [0.05, 0.1) is 16.1 Å². The number of hydrogen-bond donors (Lipinski definition) is 1. The molecule has 3 rings (SSSR count). The van der Waals surface area contributed by atoms with Crippen LogP contribution in [0.1, 0.15) is 15.9 Å². The number of aromatic amines is 1. The number of nitrogens with one attached hydrogen (secondary N) is 1. The zero-order chi connectivity index (χ0) is 14.3. The number of halogens is 2. The van der Waals surface area contributed by atoms with Crippen LogP contribution in [-0.4, -0.2) is 21.2 Å². The Kier molecular flexibility index (Phi) is 2.99. The number of pyridine rings is 1. The van der Waals surface area contributed by atoms with Gasteiger partial charge in [-0.1, -0.05) is 17.7 Å². The molecule has 0 fully saturated rings. The summed E-state index contributed by atoms with van der Waals surface area (Å²) in [6.07, 6.45) is 2.16. The summed E-state index contributed by atoms with van der Waals surface area (Å²) in [5, 5.41) is 0.261. The second-order valence-corrected chi connectivity index (χ2v) is 4.74. The van der Waals surface area contributed by atoms with E-state index in [2.05, 4.69) is 15.0 Å². The first-order valence-electron chi connectivity index (χ1n) is 5.86. The fourth-order valence-electron chi connectivity index (χ4n) is 2.05. The smallest absolute Gasteiger partial charge is 0.178 e. The van der Waals surface area contributed by atoms with Gasteiger partial charge in [0.15, 0.2) is 11.9 Å².